The number of amides is 3. The van der Waals surface area contributed by atoms with Gasteiger partial charge in [-0.3, -0.25) is 19.3 Å². The number of rotatable bonds is 8. The number of hydrogen-bond acceptors (Lipinski definition) is 8. The number of imide groups is 1. The summed E-state index contributed by atoms with van der Waals surface area (Å²) in [5.41, 5.74) is 2.33. The molecule has 0 spiro atoms. The zero-order valence-corrected chi connectivity index (χ0v) is 22.9. The quantitative estimate of drug-likeness (QED) is 0.345. The lowest BCUT2D eigenvalue weighted by Crippen LogP contribution is -2.36. The lowest BCUT2D eigenvalue weighted by Gasteiger charge is -2.28. The van der Waals surface area contributed by atoms with Crippen LogP contribution < -0.4 is 19.7 Å². The standard InChI is InChI=1S/C25H26IN3O6S/c1-3-35-23-19(26)12-16(13-20(23)33-2)14-21-24(31)29(25(32)36-21)15-22(30)27-17-4-6-18(7-5-17)28-8-10-34-11-9-28/h4-7,12-14H,3,8-11,15H2,1-2H3,(H,27,30)/b21-14+. The maximum Gasteiger partial charge on any atom is 0.294 e. The molecule has 2 heterocycles. The van der Waals surface area contributed by atoms with E-state index in [0.717, 1.165) is 39.0 Å². The topological polar surface area (TPSA) is 97.4 Å². The highest BCUT2D eigenvalue weighted by molar-refractivity contribution is 14.1. The molecule has 0 aliphatic carbocycles. The summed E-state index contributed by atoms with van der Waals surface area (Å²) in [6.07, 6.45) is 1.62. The van der Waals surface area contributed by atoms with Crippen LogP contribution in [-0.2, 0) is 14.3 Å². The summed E-state index contributed by atoms with van der Waals surface area (Å²) >= 11 is 2.94. The van der Waals surface area contributed by atoms with Crippen LogP contribution in [-0.4, -0.2) is 68.5 Å². The van der Waals surface area contributed by atoms with Crippen molar-refractivity contribution in [2.75, 3.05) is 56.8 Å². The summed E-state index contributed by atoms with van der Waals surface area (Å²) < 4.78 is 17.2. The van der Waals surface area contributed by atoms with Crippen molar-refractivity contribution in [3.8, 4) is 11.5 Å². The van der Waals surface area contributed by atoms with E-state index in [-0.39, 0.29) is 11.4 Å². The van der Waals surface area contributed by atoms with Gasteiger partial charge in [-0.1, -0.05) is 0 Å². The van der Waals surface area contributed by atoms with E-state index >= 15 is 0 Å². The predicted molar refractivity (Wildman–Crippen MR) is 148 cm³/mol. The van der Waals surface area contributed by atoms with Gasteiger partial charge in [-0.25, -0.2) is 0 Å². The van der Waals surface area contributed by atoms with Gasteiger partial charge >= 0.3 is 0 Å². The molecule has 2 aromatic rings. The van der Waals surface area contributed by atoms with Gasteiger partial charge in [0.1, 0.15) is 6.54 Å². The molecule has 3 amide bonds. The van der Waals surface area contributed by atoms with Crippen molar-refractivity contribution in [1.29, 1.82) is 0 Å². The van der Waals surface area contributed by atoms with Crippen molar-refractivity contribution in [2.24, 2.45) is 0 Å². The van der Waals surface area contributed by atoms with Gasteiger partial charge in [0.25, 0.3) is 11.1 Å². The summed E-state index contributed by atoms with van der Waals surface area (Å²) in [5, 5.41) is 2.27. The van der Waals surface area contributed by atoms with Crippen LogP contribution in [0.15, 0.2) is 41.3 Å². The zero-order chi connectivity index (χ0) is 25.7. The number of halogens is 1. The Morgan fingerprint density at radius 2 is 1.92 bits per heavy atom. The first-order chi connectivity index (χ1) is 17.4. The Balaban J connectivity index is 1.40. The SMILES string of the molecule is CCOc1c(I)cc(/C=C2/SC(=O)N(CC(=O)Nc3ccc(N4CCOCC4)cc3)C2=O)cc1OC. The van der Waals surface area contributed by atoms with Crippen molar-refractivity contribution in [3.05, 3.63) is 50.4 Å². The first kappa shape index (κ1) is 26.3. The molecule has 0 radical (unpaired) electrons. The van der Waals surface area contributed by atoms with Crippen molar-refractivity contribution in [1.82, 2.24) is 4.90 Å². The van der Waals surface area contributed by atoms with Crippen LogP contribution in [0.1, 0.15) is 12.5 Å². The Kier molecular flexibility index (Phi) is 8.75. The highest BCUT2D eigenvalue weighted by Crippen LogP contribution is 2.37. The monoisotopic (exact) mass is 623 g/mol. The number of carbonyl (C=O) groups is 3. The lowest BCUT2D eigenvalue weighted by atomic mass is 10.2. The Bertz CT molecular complexity index is 1180. The van der Waals surface area contributed by atoms with Gasteiger partial charge in [0.15, 0.2) is 11.5 Å². The summed E-state index contributed by atoms with van der Waals surface area (Å²) in [6, 6.07) is 11.0. The first-order valence-corrected chi connectivity index (χ1v) is 13.3. The van der Waals surface area contributed by atoms with Crippen LogP contribution in [0.25, 0.3) is 6.08 Å². The molecule has 36 heavy (non-hydrogen) atoms. The summed E-state index contributed by atoms with van der Waals surface area (Å²) in [4.78, 5) is 41.4. The van der Waals surface area contributed by atoms with E-state index in [1.807, 2.05) is 25.1 Å². The molecule has 11 heteroatoms. The number of nitrogens with one attached hydrogen (secondary N) is 1. The first-order valence-electron chi connectivity index (χ1n) is 11.4. The number of hydrogen-bond donors (Lipinski definition) is 1. The molecule has 0 atom stereocenters. The van der Waals surface area contributed by atoms with Gasteiger partial charge in [0.05, 0.1) is 35.4 Å². The Morgan fingerprint density at radius 1 is 1.19 bits per heavy atom. The minimum Gasteiger partial charge on any atom is -0.493 e. The van der Waals surface area contributed by atoms with Gasteiger partial charge in [-0.05, 0) is 89.3 Å². The van der Waals surface area contributed by atoms with E-state index in [0.29, 0.717) is 42.6 Å². The maximum atomic E-state index is 12.9. The van der Waals surface area contributed by atoms with Gasteiger partial charge < -0.3 is 24.4 Å². The van der Waals surface area contributed by atoms with E-state index in [4.69, 9.17) is 14.2 Å². The van der Waals surface area contributed by atoms with Crippen molar-refractivity contribution in [3.63, 3.8) is 0 Å². The summed E-state index contributed by atoms with van der Waals surface area (Å²) in [5.74, 6) is 0.203. The van der Waals surface area contributed by atoms with Crippen LogP contribution in [0.3, 0.4) is 0 Å². The van der Waals surface area contributed by atoms with Crippen molar-refractivity contribution >= 4 is 68.9 Å². The molecule has 9 nitrogen and oxygen atoms in total. The second kappa shape index (κ2) is 12.0. The third-order valence-electron chi connectivity index (χ3n) is 5.54. The lowest BCUT2D eigenvalue weighted by molar-refractivity contribution is -0.127. The molecule has 0 bridgehead atoms. The number of ether oxygens (including phenoxy) is 3. The van der Waals surface area contributed by atoms with E-state index in [1.54, 1.807) is 31.4 Å². The third kappa shape index (κ3) is 6.13. The minimum atomic E-state index is -0.509. The van der Waals surface area contributed by atoms with Gasteiger partial charge in [-0.15, -0.1) is 0 Å². The highest BCUT2D eigenvalue weighted by Gasteiger charge is 2.36. The molecule has 2 aromatic carbocycles. The van der Waals surface area contributed by atoms with E-state index in [9.17, 15) is 14.4 Å². The number of nitrogens with zero attached hydrogens (tertiary/aromatic N) is 2. The molecule has 1 N–H and O–H groups in total. The zero-order valence-electron chi connectivity index (χ0n) is 19.9. The molecular formula is C25H26IN3O6S. The second-order valence-corrected chi connectivity index (χ2v) is 10.1. The number of carbonyl (C=O) groups excluding carboxylic acids is 3. The van der Waals surface area contributed by atoms with Gasteiger partial charge in [0.2, 0.25) is 5.91 Å². The van der Waals surface area contributed by atoms with E-state index in [1.165, 1.54) is 0 Å². The molecule has 2 aliphatic heterocycles. The van der Waals surface area contributed by atoms with E-state index < -0.39 is 17.1 Å². The smallest absolute Gasteiger partial charge is 0.294 e. The van der Waals surface area contributed by atoms with Crippen LogP contribution >= 0.6 is 34.4 Å². The number of thioether (sulfide) groups is 1. The highest BCUT2D eigenvalue weighted by atomic mass is 127. The minimum absolute atomic E-state index is 0.240. The number of benzene rings is 2. The Morgan fingerprint density at radius 3 is 2.58 bits per heavy atom. The molecule has 0 unspecified atom stereocenters. The molecule has 2 saturated heterocycles. The molecule has 2 aliphatic rings. The van der Waals surface area contributed by atoms with Crippen molar-refractivity contribution < 1.29 is 28.6 Å². The summed E-state index contributed by atoms with van der Waals surface area (Å²) in [7, 11) is 1.54. The third-order valence-corrected chi connectivity index (χ3v) is 7.25. The average molecular weight is 623 g/mol. The summed E-state index contributed by atoms with van der Waals surface area (Å²) in [6.45, 7) is 5.03. The fraction of sp³-hybridized carbons (Fsp3) is 0.320. The molecule has 0 aromatic heterocycles. The van der Waals surface area contributed by atoms with Crippen LogP contribution in [0.2, 0.25) is 0 Å². The van der Waals surface area contributed by atoms with Crippen molar-refractivity contribution in [2.45, 2.75) is 6.92 Å². The molecule has 4 rings (SSSR count). The molecule has 2 fully saturated rings. The van der Waals surface area contributed by atoms with Crippen LogP contribution in [0, 0.1) is 3.57 Å². The Hall–Kier alpha value is -2.77. The second-order valence-electron chi connectivity index (χ2n) is 7.93. The number of morpholine rings is 1. The molecule has 0 saturated carbocycles. The fourth-order valence-electron chi connectivity index (χ4n) is 3.82. The maximum absolute atomic E-state index is 12.9. The largest absolute Gasteiger partial charge is 0.493 e. The molecular weight excluding hydrogens is 597 g/mol. The van der Waals surface area contributed by atoms with Gasteiger partial charge in [-0.2, -0.15) is 0 Å². The molecule has 190 valence electrons. The van der Waals surface area contributed by atoms with E-state index in [2.05, 4.69) is 32.8 Å². The normalized spacial score (nSPS) is 17.0. The number of methoxy groups -OCH3 is 1. The Labute approximate surface area is 227 Å². The predicted octanol–water partition coefficient (Wildman–Crippen LogP) is 4.21. The number of anilines is 2. The fourth-order valence-corrected chi connectivity index (χ4v) is 5.44. The van der Waals surface area contributed by atoms with Crippen LogP contribution in [0.5, 0.6) is 11.5 Å². The average Bonchev–Trinajstić information content (AvgIpc) is 3.13. The van der Waals surface area contributed by atoms with Gasteiger partial charge in [0, 0.05) is 24.5 Å². The van der Waals surface area contributed by atoms with Crippen LogP contribution in [0.4, 0.5) is 16.2 Å².